The van der Waals surface area contributed by atoms with Crippen LogP contribution in [0.4, 0.5) is 0 Å². The van der Waals surface area contributed by atoms with E-state index in [-0.39, 0.29) is 12.0 Å². The van der Waals surface area contributed by atoms with Gasteiger partial charge in [0.2, 0.25) is 0 Å². The highest BCUT2D eigenvalue weighted by Gasteiger charge is 2.32. The number of hydrogen-bond donors (Lipinski definition) is 1. The van der Waals surface area contributed by atoms with E-state index in [1.165, 1.54) is 0 Å². The van der Waals surface area contributed by atoms with Gasteiger partial charge in [0.05, 0.1) is 12.0 Å². The molecule has 0 aliphatic heterocycles. The molecule has 0 radical (unpaired) electrons. The van der Waals surface area contributed by atoms with Crippen LogP contribution in [0.25, 0.3) is 0 Å². The van der Waals surface area contributed by atoms with E-state index in [1.807, 2.05) is 0 Å². The molecule has 0 fully saturated rings. The summed E-state index contributed by atoms with van der Waals surface area (Å²) in [4.78, 5) is 11.2. The van der Waals surface area contributed by atoms with Gasteiger partial charge in [-0.1, -0.05) is 0 Å². The second kappa shape index (κ2) is 3.72. The molecule has 1 unspecified atom stereocenters. The van der Waals surface area contributed by atoms with Gasteiger partial charge in [0, 0.05) is 6.04 Å². The highest BCUT2D eigenvalue weighted by Crippen LogP contribution is 2.20. The molecule has 0 saturated heterocycles. The maximum atomic E-state index is 11.2. The Morgan fingerprint density at radius 3 is 2.36 bits per heavy atom. The smallest absolute Gasteiger partial charge is 0.313 e. The van der Waals surface area contributed by atoms with Crippen molar-refractivity contribution in [3.63, 3.8) is 0 Å². The summed E-state index contributed by atoms with van der Waals surface area (Å²) in [5.74, 6) is -0.227. The number of nitrogens with two attached hydrogens (primary N) is 1. The monoisotopic (exact) mass is 159 g/mol. The van der Waals surface area contributed by atoms with Crippen LogP contribution in [0.1, 0.15) is 27.7 Å². The zero-order valence-electron chi connectivity index (χ0n) is 7.68. The number of carbonyl (C=O) groups is 1. The topological polar surface area (TPSA) is 52.3 Å². The van der Waals surface area contributed by atoms with Crippen molar-refractivity contribution >= 4 is 5.97 Å². The highest BCUT2D eigenvalue weighted by molar-refractivity contribution is 5.76. The summed E-state index contributed by atoms with van der Waals surface area (Å²) in [5, 5.41) is 0. The first-order valence-corrected chi connectivity index (χ1v) is 3.85. The molecule has 0 aromatic carbocycles. The molecule has 0 rings (SSSR count). The second-order valence-electron chi connectivity index (χ2n) is 3.23. The predicted octanol–water partition coefficient (Wildman–Crippen LogP) is 0.923. The van der Waals surface area contributed by atoms with Gasteiger partial charge in [-0.25, -0.2) is 0 Å². The zero-order valence-corrected chi connectivity index (χ0v) is 7.68. The molecule has 0 amide bonds. The van der Waals surface area contributed by atoms with Gasteiger partial charge in [-0.15, -0.1) is 0 Å². The maximum absolute atomic E-state index is 11.2. The van der Waals surface area contributed by atoms with E-state index in [4.69, 9.17) is 10.5 Å². The Hall–Kier alpha value is -0.570. The number of esters is 1. The van der Waals surface area contributed by atoms with Crippen LogP contribution >= 0.6 is 0 Å². The molecule has 0 bridgehead atoms. The molecule has 11 heavy (non-hydrogen) atoms. The summed E-state index contributed by atoms with van der Waals surface area (Å²) in [6, 6.07) is -0.179. The van der Waals surface area contributed by atoms with Gasteiger partial charge in [-0.2, -0.15) is 0 Å². The molecule has 0 aliphatic rings. The molecule has 0 aliphatic carbocycles. The summed E-state index contributed by atoms with van der Waals surface area (Å²) in [6.45, 7) is 7.58. The molecule has 0 aromatic rings. The predicted molar refractivity (Wildman–Crippen MR) is 44.1 cm³/mol. The van der Waals surface area contributed by atoms with E-state index in [2.05, 4.69) is 0 Å². The van der Waals surface area contributed by atoms with Gasteiger partial charge in [0.15, 0.2) is 0 Å². The Morgan fingerprint density at radius 1 is 1.64 bits per heavy atom. The van der Waals surface area contributed by atoms with E-state index in [9.17, 15) is 4.79 Å². The molecule has 0 spiro atoms. The maximum Gasteiger partial charge on any atom is 0.313 e. The van der Waals surface area contributed by atoms with Gasteiger partial charge in [0.25, 0.3) is 0 Å². The molecular weight excluding hydrogens is 142 g/mol. The van der Waals surface area contributed by atoms with Crippen molar-refractivity contribution in [3.8, 4) is 0 Å². The fourth-order valence-corrected chi connectivity index (χ4v) is 0.503. The average Bonchev–Trinajstić information content (AvgIpc) is 1.88. The minimum atomic E-state index is -0.573. The standard InChI is InChI=1S/C8H17NO2/c1-5-11-7(10)8(3,4)6(2)9/h6H,5,9H2,1-4H3. The third-order valence-electron chi connectivity index (χ3n) is 1.94. The molecule has 0 saturated carbocycles. The first-order chi connectivity index (χ1) is 4.92. The van der Waals surface area contributed by atoms with E-state index < -0.39 is 5.41 Å². The van der Waals surface area contributed by atoms with Crippen molar-refractivity contribution in [3.05, 3.63) is 0 Å². The third kappa shape index (κ3) is 2.50. The van der Waals surface area contributed by atoms with E-state index in [0.717, 1.165) is 0 Å². The van der Waals surface area contributed by atoms with E-state index in [1.54, 1.807) is 27.7 Å². The largest absolute Gasteiger partial charge is 0.466 e. The molecule has 66 valence electrons. The Bertz CT molecular complexity index is 141. The van der Waals surface area contributed by atoms with Crippen LogP contribution in [-0.2, 0) is 9.53 Å². The lowest BCUT2D eigenvalue weighted by Crippen LogP contribution is -2.42. The van der Waals surface area contributed by atoms with Gasteiger partial charge < -0.3 is 10.5 Å². The summed E-state index contributed by atoms with van der Waals surface area (Å²) in [6.07, 6.45) is 0. The molecule has 0 aromatic heterocycles. The molecule has 1 atom stereocenters. The third-order valence-corrected chi connectivity index (χ3v) is 1.94. The minimum Gasteiger partial charge on any atom is -0.466 e. The van der Waals surface area contributed by atoms with Crippen molar-refractivity contribution < 1.29 is 9.53 Å². The number of rotatable bonds is 3. The van der Waals surface area contributed by atoms with Crippen molar-refractivity contribution in [1.29, 1.82) is 0 Å². The second-order valence-corrected chi connectivity index (χ2v) is 3.23. The van der Waals surface area contributed by atoms with Crippen LogP contribution in [0.3, 0.4) is 0 Å². The van der Waals surface area contributed by atoms with Crippen LogP contribution < -0.4 is 5.73 Å². The van der Waals surface area contributed by atoms with Gasteiger partial charge in [-0.3, -0.25) is 4.79 Å². The van der Waals surface area contributed by atoms with Crippen molar-refractivity contribution in [2.45, 2.75) is 33.7 Å². The number of carbonyl (C=O) groups excluding carboxylic acids is 1. The quantitative estimate of drug-likeness (QED) is 0.623. The lowest BCUT2D eigenvalue weighted by molar-refractivity contribution is -0.154. The number of hydrogen-bond acceptors (Lipinski definition) is 3. The lowest BCUT2D eigenvalue weighted by Gasteiger charge is -2.25. The van der Waals surface area contributed by atoms with Crippen molar-refractivity contribution in [2.24, 2.45) is 11.1 Å². The van der Waals surface area contributed by atoms with Gasteiger partial charge in [0.1, 0.15) is 0 Å². The summed E-state index contributed by atoms with van der Waals surface area (Å²) >= 11 is 0. The summed E-state index contributed by atoms with van der Waals surface area (Å²) in [7, 11) is 0. The van der Waals surface area contributed by atoms with Crippen LogP contribution in [0.5, 0.6) is 0 Å². The molecule has 2 N–H and O–H groups in total. The Balaban J connectivity index is 4.18. The van der Waals surface area contributed by atoms with Crippen LogP contribution in [0, 0.1) is 5.41 Å². The minimum absolute atomic E-state index is 0.179. The molecule has 3 nitrogen and oxygen atoms in total. The molecular formula is C8H17NO2. The first kappa shape index (κ1) is 10.4. The molecule has 0 heterocycles. The van der Waals surface area contributed by atoms with Crippen LogP contribution in [-0.4, -0.2) is 18.6 Å². The Labute approximate surface area is 67.9 Å². The lowest BCUT2D eigenvalue weighted by atomic mass is 9.86. The van der Waals surface area contributed by atoms with Gasteiger partial charge >= 0.3 is 5.97 Å². The molecule has 3 heteroatoms. The van der Waals surface area contributed by atoms with Gasteiger partial charge in [-0.05, 0) is 27.7 Å². The highest BCUT2D eigenvalue weighted by atomic mass is 16.5. The SMILES string of the molecule is CCOC(=O)C(C)(C)C(C)N. The number of ether oxygens (including phenoxy) is 1. The van der Waals surface area contributed by atoms with Crippen LogP contribution in [0.15, 0.2) is 0 Å². The fourth-order valence-electron chi connectivity index (χ4n) is 0.503. The first-order valence-electron chi connectivity index (χ1n) is 3.85. The normalized spacial score (nSPS) is 14.3. The Morgan fingerprint density at radius 2 is 2.09 bits per heavy atom. The van der Waals surface area contributed by atoms with E-state index in [0.29, 0.717) is 6.61 Å². The Kier molecular flexibility index (Phi) is 3.52. The van der Waals surface area contributed by atoms with Crippen molar-refractivity contribution in [1.82, 2.24) is 0 Å². The van der Waals surface area contributed by atoms with E-state index >= 15 is 0 Å². The van der Waals surface area contributed by atoms with Crippen LogP contribution in [0.2, 0.25) is 0 Å². The van der Waals surface area contributed by atoms with Crippen molar-refractivity contribution in [2.75, 3.05) is 6.61 Å². The zero-order chi connectivity index (χ0) is 9.07. The summed E-state index contributed by atoms with van der Waals surface area (Å²) in [5.41, 5.74) is 5.03. The summed E-state index contributed by atoms with van der Waals surface area (Å²) < 4.78 is 4.85. The average molecular weight is 159 g/mol. The fraction of sp³-hybridized carbons (Fsp3) is 0.875.